The van der Waals surface area contributed by atoms with E-state index in [1.807, 2.05) is 13.8 Å². The van der Waals surface area contributed by atoms with Gasteiger partial charge in [-0.05, 0) is 221 Å². The third-order valence-electron chi connectivity index (χ3n) is 32.8. The Morgan fingerprint density at radius 2 is 0.936 bits per heavy atom. The van der Waals surface area contributed by atoms with Gasteiger partial charge in [0.25, 0.3) is 0 Å². The Morgan fingerprint density at radius 1 is 0.512 bits per heavy atom. The summed E-state index contributed by atoms with van der Waals surface area (Å²) < 4.78 is 115. The van der Waals surface area contributed by atoms with Crippen LogP contribution < -0.4 is 0 Å². The zero-order valence-corrected chi connectivity index (χ0v) is 86.5. The Labute approximate surface area is 783 Å². The number of carbonyl (C=O) groups excluding carboxylic acids is 2. The first-order chi connectivity index (χ1) is 59.2. The molecule has 17 saturated heterocycles. The number of hydrogen-bond acceptors (Lipinski definition) is 22. The van der Waals surface area contributed by atoms with E-state index in [0.29, 0.717) is 93.3 Å². The van der Waals surface area contributed by atoms with Crippen molar-refractivity contribution in [2.75, 3.05) is 22.2 Å². The lowest BCUT2D eigenvalue weighted by atomic mass is 9.82. The number of hydrogen-bond donors (Lipinski definition) is 1. The van der Waals surface area contributed by atoms with Gasteiger partial charge in [0, 0.05) is 79.6 Å². The van der Waals surface area contributed by atoms with Crippen molar-refractivity contribution in [3.8, 4) is 0 Å². The maximum absolute atomic E-state index is 12.5. The molecule has 17 aliphatic rings. The molecule has 0 radical (unpaired) electrons. The molecule has 0 spiro atoms. The fourth-order valence-corrected chi connectivity index (χ4v) is 29.5. The highest BCUT2D eigenvalue weighted by molar-refractivity contribution is 9.09. The molecule has 17 aliphatic heterocycles. The number of carbonyl (C=O) groups is 2. The summed E-state index contributed by atoms with van der Waals surface area (Å²) in [5.41, 5.74) is 4.25. The lowest BCUT2D eigenvalue weighted by molar-refractivity contribution is -0.292. The van der Waals surface area contributed by atoms with Crippen molar-refractivity contribution in [3.05, 3.63) is 48.6 Å². The van der Waals surface area contributed by atoms with Gasteiger partial charge in [0.15, 0.2) is 38.4 Å². The standard InChI is InChI=1S/C49H80BrClO10SSi.C49H79BrO10SSi/c1-12-32(61-63(10,11)48(7,8)9)22-38-30(6)35(26-50)40(56-38)24-39-29(5)27(3)21-33(54-39)14-16-36(52)28(4)20-31(51)18-19-49-25-41-44(59-49)45-46(58-41)47(60-49)43-37(57-45)17-15-34(55-43)23-42(53)62-13-2;1-12-31(60-62(10,11)48(7,8)9)22-38-30(6)35(26-50)40(55-38)24-39-29(5)27(3)20-32(53-39)14-16-36-28(4)21-34(52-36)18-19-49-25-41-44(58-49)45-46(57-41)47(59-49)43-37(56-45)17-15-33(54-43)23-42(51)61-13-2/h27,30-41,43-47,52H,4-5,12-26H2,1-3,6-11H3;27,30-41,43-47H,4-5,12-26H2,1-3,6-11H3/t27-,30-,31?,32-,33+,34-,35-,36+,37+,38-,39?,40+,41?,43+,44-,45?,46-,47+,49?;27-,30-,31-,32+,33-,34+,35-,36?,37+,38-,39?,40+,41?,43+,44-,45?,46-,47+,49?/m11/s1. The van der Waals surface area contributed by atoms with E-state index in [0.717, 1.165) is 142 Å². The summed E-state index contributed by atoms with van der Waals surface area (Å²) in [6.07, 6.45) is 17.3. The zero-order valence-electron chi connectivity index (χ0n) is 79.0. The highest BCUT2D eigenvalue weighted by Gasteiger charge is 2.71. The molecule has 17 fully saturated rings. The van der Waals surface area contributed by atoms with Crippen LogP contribution in [0.3, 0.4) is 0 Å². The summed E-state index contributed by atoms with van der Waals surface area (Å²) in [4.78, 5) is 25.0. The van der Waals surface area contributed by atoms with Crippen molar-refractivity contribution in [2.24, 2.45) is 35.5 Å². The summed E-state index contributed by atoms with van der Waals surface area (Å²) >= 11 is 17.5. The van der Waals surface area contributed by atoms with E-state index in [1.54, 1.807) is 0 Å². The van der Waals surface area contributed by atoms with Crippen LogP contribution in [0, 0.1) is 35.5 Å². The normalized spacial score (nSPS) is 42.9. The zero-order chi connectivity index (χ0) is 89.9. The monoisotopic (exact) mass is 1970 g/mol. The summed E-state index contributed by atoms with van der Waals surface area (Å²) in [6, 6.07) is 0. The van der Waals surface area contributed by atoms with Crippen molar-refractivity contribution in [1.82, 2.24) is 0 Å². The van der Waals surface area contributed by atoms with E-state index in [1.165, 1.54) is 34.7 Å². The van der Waals surface area contributed by atoms with Crippen LogP contribution in [0.25, 0.3) is 0 Å². The highest BCUT2D eigenvalue weighted by atomic mass is 79.9. The lowest BCUT2D eigenvalue weighted by Gasteiger charge is -2.47. The summed E-state index contributed by atoms with van der Waals surface area (Å²) in [5, 5.41) is 13.6. The van der Waals surface area contributed by atoms with Crippen LogP contribution in [0.1, 0.15) is 264 Å². The molecule has 0 aromatic heterocycles. The van der Waals surface area contributed by atoms with E-state index in [2.05, 4.69) is 167 Å². The second-order valence-electron chi connectivity index (χ2n) is 43.5. The van der Waals surface area contributed by atoms with Gasteiger partial charge in [0.1, 0.15) is 61.0 Å². The number of rotatable bonds is 37. The lowest BCUT2D eigenvalue weighted by Crippen LogP contribution is -2.61. The topological polar surface area (TPSA) is 211 Å². The predicted molar refractivity (Wildman–Crippen MR) is 505 cm³/mol. The number of aliphatic hydroxyl groups excluding tert-OH is 1. The molecule has 20 nitrogen and oxygen atoms in total. The van der Waals surface area contributed by atoms with E-state index >= 15 is 0 Å². The van der Waals surface area contributed by atoms with Crippen molar-refractivity contribution in [3.63, 3.8) is 0 Å². The number of thioether (sulfide) groups is 2. The Balaban J connectivity index is 0.000000203. The Kier molecular flexibility index (Phi) is 34.0. The molecule has 125 heavy (non-hydrogen) atoms. The van der Waals surface area contributed by atoms with Gasteiger partial charge < -0.3 is 85.0 Å². The summed E-state index contributed by atoms with van der Waals surface area (Å²) in [7, 11) is -3.79. The van der Waals surface area contributed by atoms with Gasteiger partial charge in [-0.15, -0.1) is 11.6 Å². The molecule has 0 aromatic carbocycles. The van der Waals surface area contributed by atoms with Gasteiger partial charge in [-0.25, -0.2) is 0 Å². The number of aliphatic hydroxyl groups is 1. The quantitative estimate of drug-likeness (QED) is 0.0348. The van der Waals surface area contributed by atoms with E-state index < -0.39 is 34.3 Å². The Bertz CT molecular complexity index is 3670. The first-order valence-corrected chi connectivity index (χ1v) is 59.4. The number of fused-ring (bicyclic) bond motifs is 2. The van der Waals surface area contributed by atoms with Crippen LogP contribution in [-0.2, 0) is 89.5 Å². The number of halogens is 3. The SMILES string of the molecule is C=C1C(C[C@@H]2O[C@H](C[C@@H](CC)O[Si](C)(C)C(C)(C)C)[C@H](C)[C@H]2CBr)O[C@@H](CC[C@H](O)C(=C)CC(Cl)CCC23CC4O[C@@H]5C(O[C@H]6CC[C@H](CC(=O)SCC)O[C@@H]6[C@@H]5O2)[C@@H]4O3)C[C@H]1C.C=C1C[C@H](CCC23CC4O[C@@H]5C(O[C@H]6CC[C@H](CC(=O)SCC)O[C@@H]6[C@@H]5O2)[C@@H]4O3)OC1CC[C@H]1C[C@@H](C)C(=C)C(C[C@@H]2O[C@H](C[C@@H](CC)O[Si](C)(C)C(C)(C)C)[C@H](C)[C@H]2CBr)O1. The van der Waals surface area contributed by atoms with Crippen molar-refractivity contribution < 1.29 is 94.6 Å². The van der Waals surface area contributed by atoms with Gasteiger partial charge in [-0.2, -0.15) is 0 Å². The molecular formula is C98H159Br2ClO20S2Si2. The molecule has 10 unspecified atom stereocenters. The predicted octanol–water partition coefficient (Wildman–Crippen LogP) is 20.7. The maximum atomic E-state index is 12.5. The fourth-order valence-electron chi connectivity index (χ4n) is 23.1. The van der Waals surface area contributed by atoms with Crippen LogP contribution in [0.15, 0.2) is 48.6 Å². The Hall–Kier alpha value is -0.0362. The molecule has 27 heteroatoms. The van der Waals surface area contributed by atoms with Crippen LogP contribution in [0.2, 0.25) is 36.3 Å². The van der Waals surface area contributed by atoms with Crippen LogP contribution in [-0.4, -0.2) is 248 Å². The second-order valence-corrected chi connectivity index (χ2v) is 57.6. The van der Waals surface area contributed by atoms with Gasteiger partial charge in [0.2, 0.25) is 0 Å². The number of alkyl halides is 3. The molecule has 17 heterocycles. The molecule has 0 amide bonds. The van der Waals surface area contributed by atoms with Gasteiger partial charge in [-0.3, -0.25) is 9.59 Å². The average Bonchev–Trinajstić information content (AvgIpc) is 1.55. The fraction of sp³-hybridized carbons (Fsp3) is 0.898. The second kappa shape index (κ2) is 42.1. The highest BCUT2D eigenvalue weighted by Crippen LogP contribution is 2.58. The minimum absolute atomic E-state index is 0.00977. The third-order valence-corrected chi connectivity index (χ3v) is 45.3. The largest absolute Gasteiger partial charge is 0.414 e. The molecular weight excluding hydrogens is 1810 g/mol. The van der Waals surface area contributed by atoms with Gasteiger partial charge in [0.05, 0.1) is 104 Å². The smallest absolute Gasteiger partial charge is 0.192 e. The van der Waals surface area contributed by atoms with Crippen LogP contribution in [0.5, 0.6) is 0 Å². The molecule has 712 valence electrons. The Morgan fingerprint density at radius 3 is 1.38 bits per heavy atom. The van der Waals surface area contributed by atoms with Crippen molar-refractivity contribution >= 4 is 93.8 Å². The maximum Gasteiger partial charge on any atom is 0.192 e. The van der Waals surface area contributed by atoms with Gasteiger partial charge in [-0.1, -0.05) is 179 Å². The van der Waals surface area contributed by atoms with Crippen LogP contribution in [0.4, 0.5) is 0 Å². The van der Waals surface area contributed by atoms with Crippen molar-refractivity contribution in [2.45, 2.75) is 494 Å². The van der Waals surface area contributed by atoms with Crippen LogP contribution >= 0.6 is 67.0 Å². The molecule has 12 bridgehead atoms. The first-order valence-electron chi connectivity index (χ1n) is 48.9. The van der Waals surface area contributed by atoms with E-state index in [4.69, 9.17) is 91.5 Å². The first kappa shape index (κ1) is 101. The number of ether oxygens (including phenoxy) is 15. The molecule has 17 rings (SSSR count). The molecule has 0 aliphatic carbocycles. The third kappa shape index (κ3) is 22.9. The minimum atomic E-state index is -1.90. The summed E-state index contributed by atoms with van der Waals surface area (Å²) in [5.74, 6) is 2.26. The molecule has 1 N–H and O–H groups in total. The summed E-state index contributed by atoms with van der Waals surface area (Å²) in [6.45, 7) is 58.9. The molecule has 38 atom stereocenters. The molecule has 0 saturated carbocycles. The molecule has 0 aromatic rings. The van der Waals surface area contributed by atoms with Crippen molar-refractivity contribution in [1.29, 1.82) is 0 Å². The average molecular weight is 1970 g/mol. The van der Waals surface area contributed by atoms with E-state index in [-0.39, 0.29) is 197 Å². The minimum Gasteiger partial charge on any atom is -0.414 e. The van der Waals surface area contributed by atoms with E-state index in [9.17, 15) is 14.7 Å². The van der Waals surface area contributed by atoms with Gasteiger partial charge >= 0.3 is 0 Å².